The van der Waals surface area contributed by atoms with Crippen molar-refractivity contribution < 1.29 is 17.4 Å². The Labute approximate surface area is 144 Å². The van der Waals surface area contributed by atoms with E-state index in [1.807, 2.05) is 30.3 Å². The van der Waals surface area contributed by atoms with Crippen molar-refractivity contribution in [1.82, 2.24) is 4.98 Å². The Morgan fingerprint density at radius 3 is 2.52 bits per heavy atom. The minimum Gasteiger partial charge on any atom is -0.242 e. The van der Waals surface area contributed by atoms with Gasteiger partial charge in [0.2, 0.25) is 0 Å². The Morgan fingerprint density at radius 1 is 1.30 bits per heavy atom. The van der Waals surface area contributed by atoms with Crippen LogP contribution in [0.2, 0.25) is 0 Å². The summed E-state index contributed by atoms with van der Waals surface area (Å²) in [4.78, 5) is 4.32. The first-order valence-electron chi connectivity index (χ1n) is 6.41. The number of allylic oxidation sites excluding steroid dienone is 1. The van der Waals surface area contributed by atoms with Gasteiger partial charge in [0, 0.05) is 24.8 Å². The topological polar surface area (TPSA) is 42.3 Å². The van der Waals surface area contributed by atoms with E-state index in [9.17, 15) is 17.4 Å². The number of thiazole rings is 1. The van der Waals surface area contributed by atoms with Gasteiger partial charge < -0.3 is 0 Å². The maximum Gasteiger partial charge on any atom is 0.301 e. The second-order valence-corrected chi connectivity index (χ2v) is 9.43. The van der Waals surface area contributed by atoms with Crippen LogP contribution in [0.1, 0.15) is 6.42 Å². The quantitative estimate of drug-likeness (QED) is 0.635. The predicted molar refractivity (Wildman–Crippen MR) is 89.8 cm³/mol. The summed E-state index contributed by atoms with van der Waals surface area (Å²) in [7, 11) is -1.74. The van der Waals surface area contributed by atoms with Gasteiger partial charge in [-0.25, -0.2) is 17.9 Å². The van der Waals surface area contributed by atoms with Gasteiger partial charge in [0.15, 0.2) is 10.2 Å². The van der Waals surface area contributed by atoms with Crippen molar-refractivity contribution >= 4 is 37.0 Å². The molecule has 2 rings (SSSR count). The van der Waals surface area contributed by atoms with E-state index >= 15 is 0 Å². The van der Waals surface area contributed by atoms with Crippen LogP contribution in [-0.2, 0) is 9.73 Å². The average Bonchev–Trinajstić information content (AvgIpc) is 2.95. The third-order valence-corrected chi connectivity index (χ3v) is 7.50. The molecule has 0 aliphatic carbocycles. The third kappa shape index (κ3) is 4.21. The monoisotopic (exact) mass is 424 g/mol. The van der Waals surface area contributed by atoms with E-state index in [-0.39, 0.29) is 10.1 Å². The molecule has 0 aliphatic heterocycles. The van der Waals surface area contributed by atoms with Crippen LogP contribution >= 0.6 is 27.3 Å². The second-order valence-electron chi connectivity index (χ2n) is 4.41. The zero-order valence-corrected chi connectivity index (χ0v) is 15.2. The standard InChI is InChI=1S/C14H12BrF3N2OS2/c1-19-23(21,8-7-10(16)13(17)18)14-20-11(12(15)22-14)9-5-3-2-4-6-9/h2-6H,7-8H2,1H3. The van der Waals surface area contributed by atoms with Crippen LogP contribution in [0.4, 0.5) is 13.2 Å². The lowest BCUT2D eigenvalue weighted by atomic mass is 10.2. The normalized spacial score (nSPS) is 13.4. The Morgan fingerprint density at radius 2 is 1.96 bits per heavy atom. The number of aromatic nitrogens is 1. The van der Waals surface area contributed by atoms with E-state index in [0.29, 0.717) is 9.48 Å². The summed E-state index contributed by atoms with van der Waals surface area (Å²) in [5.41, 5.74) is 1.41. The lowest BCUT2D eigenvalue weighted by Crippen LogP contribution is -2.07. The van der Waals surface area contributed by atoms with Crippen LogP contribution in [0.3, 0.4) is 0 Å². The molecule has 3 nitrogen and oxygen atoms in total. The molecule has 0 saturated heterocycles. The first-order chi connectivity index (χ1) is 10.9. The van der Waals surface area contributed by atoms with Gasteiger partial charge in [0.05, 0.1) is 9.48 Å². The molecule has 1 unspecified atom stereocenters. The summed E-state index contributed by atoms with van der Waals surface area (Å²) in [5, 5.41) is 0. The number of benzene rings is 1. The molecule has 1 aromatic carbocycles. The molecular weight excluding hydrogens is 413 g/mol. The van der Waals surface area contributed by atoms with Gasteiger partial charge in [-0.1, -0.05) is 41.7 Å². The minimum absolute atomic E-state index is 0.192. The van der Waals surface area contributed by atoms with Crippen LogP contribution in [-0.4, -0.2) is 22.0 Å². The van der Waals surface area contributed by atoms with Gasteiger partial charge in [-0.05, 0) is 15.9 Å². The summed E-state index contributed by atoms with van der Waals surface area (Å²) >= 11 is 4.48. The van der Waals surface area contributed by atoms with Gasteiger partial charge in [0.1, 0.15) is 9.73 Å². The molecule has 0 radical (unpaired) electrons. The zero-order valence-electron chi connectivity index (χ0n) is 11.9. The van der Waals surface area contributed by atoms with Crippen LogP contribution in [0.5, 0.6) is 0 Å². The fourth-order valence-electron chi connectivity index (χ4n) is 1.77. The van der Waals surface area contributed by atoms with Crippen LogP contribution in [0, 0.1) is 0 Å². The fraction of sp³-hybridized carbons (Fsp3) is 0.214. The maximum atomic E-state index is 13.0. The lowest BCUT2D eigenvalue weighted by molar-refractivity contribution is 0.373. The van der Waals surface area contributed by atoms with Crippen molar-refractivity contribution in [2.45, 2.75) is 10.8 Å². The number of rotatable bonds is 5. The SMILES string of the molecule is CN=S(=O)(CCC(F)=C(F)F)c1nc(-c2ccccc2)c(Br)s1. The number of hydrogen-bond donors (Lipinski definition) is 0. The highest BCUT2D eigenvalue weighted by molar-refractivity contribution is 9.11. The highest BCUT2D eigenvalue weighted by Gasteiger charge is 2.21. The number of hydrogen-bond acceptors (Lipinski definition) is 4. The van der Waals surface area contributed by atoms with Crippen molar-refractivity contribution in [1.29, 1.82) is 0 Å². The van der Waals surface area contributed by atoms with Crippen LogP contribution in [0.15, 0.2) is 54.7 Å². The summed E-state index contributed by atoms with van der Waals surface area (Å²) < 4.78 is 54.8. The molecular formula is C14H12BrF3N2OS2. The van der Waals surface area contributed by atoms with E-state index < -0.39 is 28.1 Å². The zero-order chi connectivity index (χ0) is 17.0. The Balaban J connectivity index is 2.37. The van der Waals surface area contributed by atoms with Crippen LogP contribution < -0.4 is 0 Å². The van der Waals surface area contributed by atoms with Crippen LogP contribution in [0.25, 0.3) is 11.3 Å². The van der Waals surface area contributed by atoms with E-state index in [1.165, 1.54) is 7.05 Å². The molecule has 0 bridgehead atoms. The molecule has 0 aliphatic rings. The molecule has 0 fully saturated rings. The average molecular weight is 425 g/mol. The predicted octanol–water partition coefficient (Wildman–Crippen LogP) is 5.50. The molecule has 1 atom stereocenters. The minimum atomic E-state index is -3.05. The molecule has 2 aromatic rings. The smallest absolute Gasteiger partial charge is 0.242 e. The highest BCUT2D eigenvalue weighted by atomic mass is 79.9. The number of nitrogens with zero attached hydrogens (tertiary/aromatic N) is 2. The largest absolute Gasteiger partial charge is 0.301 e. The van der Waals surface area contributed by atoms with Crippen molar-refractivity contribution in [3.05, 3.63) is 46.0 Å². The van der Waals surface area contributed by atoms with E-state index in [1.54, 1.807) is 0 Å². The van der Waals surface area contributed by atoms with Crippen molar-refractivity contribution in [3.8, 4) is 11.3 Å². The molecule has 0 saturated carbocycles. The van der Waals surface area contributed by atoms with Gasteiger partial charge >= 0.3 is 6.08 Å². The van der Waals surface area contributed by atoms with Gasteiger partial charge in [0.25, 0.3) is 0 Å². The Kier molecular flexibility index (Phi) is 5.99. The molecule has 0 spiro atoms. The molecule has 0 N–H and O–H groups in total. The maximum absolute atomic E-state index is 13.0. The fourth-order valence-corrected chi connectivity index (χ4v) is 5.87. The lowest BCUT2D eigenvalue weighted by Gasteiger charge is -2.04. The van der Waals surface area contributed by atoms with E-state index in [2.05, 4.69) is 25.3 Å². The Hall–Kier alpha value is -1.19. The van der Waals surface area contributed by atoms with Gasteiger partial charge in [-0.3, -0.25) is 0 Å². The Bertz CT molecular complexity index is 839. The molecule has 124 valence electrons. The van der Waals surface area contributed by atoms with Crippen molar-refractivity contribution in [2.24, 2.45) is 4.36 Å². The van der Waals surface area contributed by atoms with E-state index in [0.717, 1.165) is 16.9 Å². The van der Waals surface area contributed by atoms with Crippen molar-refractivity contribution in [2.75, 3.05) is 12.8 Å². The summed E-state index contributed by atoms with van der Waals surface area (Å²) in [6.45, 7) is 0. The molecule has 23 heavy (non-hydrogen) atoms. The third-order valence-electron chi connectivity index (χ3n) is 2.98. The first kappa shape index (κ1) is 18.2. The summed E-state index contributed by atoms with van der Waals surface area (Å²) in [6, 6.07) is 9.22. The second kappa shape index (κ2) is 7.59. The van der Waals surface area contributed by atoms with Crippen molar-refractivity contribution in [3.63, 3.8) is 0 Å². The first-order valence-corrected chi connectivity index (χ1v) is 9.71. The molecule has 9 heteroatoms. The summed E-state index contributed by atoms with van der Waals surface area (Å²) in [5.74, 6) is -1.92. The molecule has 1 aromatic heterocycles. The highest BCUT2D eigenvalue weighted by Crippen LogP contribution is 2.36. The van der Waals surface area contributed by atoms with E-state index in [4.69, 9.17) is 0 Å². The summed E-state index contributed by atoms with van der Waals surface area (Å²) in [6.07, 6.45) is -3.04. The van der Waals surface area contributed by atoms with Gasteiger partial charge in [-0.15, -0.1) is 0 Å². The number of halogens is 4. The molecule has 1 heterocycles. The van der Waals surface area contributed by atoms with Gasteiger partial charge in [-0.2, -0.15) is 8.78 Å². The molecule has 0 amide bonds.